The molecule has 1 heterocycles. The number of allylic oxidation sites excluding steroid dienone is 4. The maximum atomic E-state index is 11.9. The van der Waals surface area contributed by atoms with Gasteiger partial charge in [-0.15, -0.1) is 0 Å². The first-order chi connectivity index (χ1) is 7.64. The van der Waals surface area contributed by atoms with Crippen LogP contribution in [0.15, 0.2) is 24.3 Å². The van der Waals surface area contributed by atoms with Crippen molar-refractivity contribution in [1.82, 2.24) is 0 Å². The summed E-state index contributed by atoms with van der Waals surface area (Å²) in [5.41, 5.74) is -0.609. The monoisotopic (exact) mass is 216 g/mol. The van der Waals surface area contributed by atoms with Crippen LogP contribution in [0, 0.1) is 35.0 Å². The van der Waals surface area contributed by atoms with Gasteiger partial charge in [0.2, 0.25) is 0 Å². The largest absolute Gasteiger partial charge is 0.392 e. The van der Waals surface area contributed by atoms with Crippen LogP contribution < -0.4 is 0 Å². The van der Waals surface area contributed by atoms with Gasteiger partial charge < -0.3 is 4.74 Å². The third-order valence-electron chi connectivity index (χ3n) is 5.01. The number of ether oxygens (including phenoxy) is 1. The molecule has 0 spiro atoms. The maximum Gasteiger partial charge on any atom is 0.320 e. The highest BCUT2D eigenvalue weighted by atomic mass is 16.6. The van der Waals surface area contributed by atoms with E-state index >= 15 is 0 Å². The van der Waals surface area contributed by atoms with Gasteiger partial charge in [0.05, 0.1) is 11.3 Å². The molecule has 0 radical (unpaired) electrons. The Morgan fingerprint density at radius 2 is 1.75 bits per heavy atom. The zero-order valence-electron chi connectivity index (χ0n) is 8.92. The molecule has 1 saturated carbocycles. The summed E-state index contributed by atoms with van der Waals surface area (Å²) in [5, 5.41) is 0. The fourth-order valence-corrected chi connectivity index (χ4v) is 4.09. The number of hydrogen-bond donors (Lipinski definition) is 0. The Labute approximate surface area is 93.2 Å². The van der Waals surface area contributed by atoms with E-state index in [1.165, 1.54) is 0 Å². The zero-order valence-corrected chi connectivity index (χ0v) is 8.92. The van der Waals surface area contributed by atoms with E-state index in [9.17, 15) is 9.59 Å². The van der Waals surface area contributed by atoms with E-state index in [4.69, 9.17) is 4.74 Å². The van der Waals surface area contributed by atoms with Gasteiger partial charge in [0.15, 0.2) is 0 Å². The number of rotatable bonds is 0. The number of cyclic esters (lactones) is 2. The Morgan fingerprint density at radius 1 is 1.06 bits per heavy atom. The lowest BCUT2D eigenvalue weighted by Gasteiger charge is -2.55. The molecule has 5 rings (SSSR count). The molecule has 1 aliphatic heterocycles. The average Bonchev–Trinajstić information content (AvgIpc) is 2.40. The van der Waals surface area contributed by atoms with Gasteiger partial charge in [0, 0.05) is 5.92 Å². The van der Waals surface area contributed by atoms with Gasteiger partial charge in [-0.3, -0.25) is 9.59 Å². The molecular formula is C13H12O3. The molecule has 3 heteroatoms. The van der Waals surface area contributed by atoms with Crippen molar-refractivity contribution >= 4 is 11.9 Å². The van der Waals surface area contributed by atoms with Gasteiger partial charge in [0.25, 0.3) is 0 Å². The smallest absolute Gasteiger partial charge is 0.320 e. The van der Waals surface area contributed by atoms with Crippen LogP contribution in [0.5, 0.6) is 0 Å². The fraction of sp³-hybridized carbons (Fsp3) is 0.538. The van der Waals surface area contributed by atoms with E-state index in [0.717, 1.165) is 0 Å². The summed E-state index contributed by atoms with van der Waals surface area (Å²) in [5.74, 6) is 0.328. The quantitative estimate of drug-likeness (QED) is 0.348. The molecule has 0 aromatic carbocycles. The Bertz CT molecular complexity index is 476. The molecule has 2 fully saturated rings. The molecule has 1 saturated heterocycles. The van der Waals surface area contributed by atoms with E-state index in [0.29, 0.717) is 11.8 Å². The number of esters is 2. The molecule has 5 aliphatic rings. The Kier molecular flexibility index (Phi) is 1.26. The molecule has 4 aliphatic carbocycles. The van der Waals surface area contributed by atoms with Crippen LogP contribution >= 0.6 is 0 Å². The molecule has 0 aromatic heterocycles. The zero-order chi connectivity index (χ0) is 11.1. The lowest BCUT2D eigenvalue weighted by Crippen LogP contribution is -2.56. The Hall–Kier alpha value is -1.38. The molecule has 82 valence electrons. The van der Waals surface area contributed by atoms with Crippen LogP contribution in [0.2, 0.25) is 0 Å². The van der Waals surface area contributed by atoms with E-state index in [-0.39, 0.29) is 29.7 Å². The predicted octanol–water partition coefficient (Wildman–Crippen LogP) is 1.31. The number of carbonyl (C=O) groups excluding carboxylic acids is 2. The summed E-state index contributed by atoms with van der Waals surface area (Å²) in [4.78, 5) is 23.7. The van der Waals surface area contributed by atoms with Crippen molar-refractivity contribution in [3.63, 3.8) is 0 Å². The molecular weight excluding hydrogens is 204 g/mol. The van der Waals surface area contributed by atoms with Gasteiger partial charge in [-0.05, 0) is 24.7 Å². The summed E-state index contributed by atoms with van der Waals surface area (Å²) in [6.07, 6.45) is 8.57. The highest BCUT2D eigenvalue weighted by molar-refractivity contribution is 6.00. The first kappa shape index (κ1) is 8.74. The minimum absolute atomic E-state index is 0.149. The average molecular weight is 216 g/mol. The van der Waals surface area contributed by atoms with Gasteiger partial charge in [-0.2, -0.15) is 0 Å². The Balaban J connectivity index is 1.94. The van der Waals surface area contributed by atoms with Crippen molar-refractivity contribution in [2.24, 2.45) is 35.0 Å². The molecule has 0 N–H and O–H groups in total. The second-order valence-corrected chi connectivity index (χ2v) is 5.50. The third-order valence-corrected chi connectivity index (χ3v) is 5.01. The van der Waals surface area contributed by atoms with E-state index in [1.807, 2.05) is 6.92 Å². The van der Waals surface area contributed by atoms with Crippen molar-refractivity contribution in [1.29, 1.82) is 0 Å². The third kappa shape index (κ3) is 0.665. The maximum absolute atomic E-state index is 11.9. The van der Waals surface area contributed by atoms with Crippen LogP contribution in [0.3, 0.4) is 0 Å². The van der Waals surface area contributed by atoms with Crippen LogP contribution in [0.4, 0.5) is 0 Å². The second-order valence-electron chi connectivity index (χ2n) is 5.50. The van der Waals surface area contributed by atoms with Gasteiger partial charge in [-0.25, -0.2) is 0 Å². The van der Waals surface area contributed by atoms with E-state index in [2.05, 4.69) is 24.3 Å². The molecule has 0 amide bonds. The van der Waals surface area contributed by atoms with Crippen molar-refractivity contribution in [3.8, 4) is 0 Å². The number of carbonyl (C=O) groups is 2. The molecule has 3 nitrogen and oxygen atoms in total. The summed E-state index contributed by atoms with van der Waals surface area (Å²) < 4.78 is 4.87. The van der Waals surface area contributed by atoms with Crippen molar-refractivity contribution in [3.05, 3.63) is 24.3 Å². The minimum atomic E-state index is -0.609. The van der Waals surface area contributed by atoms with Crippen LogP contribution in [0.25, 0.3) is 0 Å². The highest BCUT2D eigenvalue weighted by Gasteiger charge is 2.68. The lowest BCUT2D eigenvalue weighted by atomic mass is 9.45. The first-order valence-electron chi connectivity index (χ1n) is 5.77. The highest BCUT2D eigenvalue weighted by Crippen LogP contribution is 2.63. The first-order valence-corrected chi connectivity index (χ1v) is 5.77. The molecule has 6 unspecified atom stereocenters. The van der Waals surface area contributed by atoms with Crippen LogP contribution in [0.1, 0.15) is 6.92 Å². The van der Waals surface area contributed by atoms with Crippen LogP contribution in [-0.4, -0.2) is 11.9 Å². The van der Waals surface area contributed by atoms with Crippen molar-refractivity contribution < 1.29 is 14.3 Å². The predicted molar refractivity (Wildman–Crippen MR) is 54.9 cm³/mol. The number of hydrogen-bond acceptors (Lipinski definition) is 3. The summed E-state index contributed by atoms with van der Waals surface area (Å²) in [7, 11) is 0. The minimum Gasteiger partial charge on any atom is -0.392 e. The van der Waals surface area contributed by atoms with Crippen molar-refractivity contribution in [2.75, 3.05) is 0 Å². The lowest BCUT2D eigenvalue weighted by molar-refractivity contribution is -0.156. The van der Waals surface area contributed by atoms with Gasteiger partial charge in [-0.1, -0.05) is 24.3 Å². The molecule has 2 bridgehead atoms. The SMILES string of the molecule is CC12C(=O)OC(=O)C1C1C=CC2C2C=CC21. The molecule has 16 heavy (non-hydrogen) atoms. The Morgan fingerprint density at radius 3 is 2.44 bits per heavy atom. The normalized spacial score (nSPS) is 55.7. The summed E-state index contributed by atoms with van der Waals surface area (Å²) in [6, 6.07) is 0. The summed E-state index contributed by atoms with van der Waals surface area (Å²) in [6.45, 7) is 1.90. The molecule has 6 atom stereocenters. The van der Waals surface area contributed by atoms with Crippen molar-refractivity contribution in [2.45, 2.75) is 6.92 Å². The summed E-state index contributed by atoms with van der Waals surface area (Å²) >= 11 is 0. The standard InChI is InChI=1S/C13H12O3/c1-13-9-5-4-8(6-2-3-7(6)9)10(13)11(14)16-12(13)15/h2-10H,1H3. The van der Waals surface area contributed by atoms with E-state index in [1.54, 1.807) is 0 Å². The fourth-order valence-electron chi connectivity index (χ4n) is 4.09. The van der Waals surface area contributed by atoms with Crippen LogP contribution in [-0.2, 0) is 14.3 Å². The topological polar surface area (TPSA) is 43.4 Å². The second kappa shape index (κ2) is 2.31. The van der Waals surface area contributed by atoms with Gasteiger partial charge >= 0.3 is 11.9 Å². The van der Waals surface area contributed by atoms with Gasteiger partial charge in [0.1, 0.15) is 0 Å². The molecule has 0 aromatic rings. The van der Waals surface area contributed by atoms with E-state index < -0.39 is 5.41 Å².